The van der Waals surface area contributed by atoms with Gasteiger partial charge in [-0.3, -0.25) is 14.9 Å². The number of rotatable bonds is 4. The Kier molecular flexibility index (Phi) is 8.33. The van der Waals surface area contributed by atoms with E-state index in [9.17, 15) is 4.39 Å². The van der Waals surface area contributed by atoms with Crippen LogP contribution in [0.2, 0.25) is 0 Å². The van der Waals surface area contributed by atoms with E-state index in [2.05, 4.69) is 16.0 Å². The predicted molar refractivity (Wildman–Crippen MR) is 113 cm³/mol. The van der Waals surface area contributed by atoms with Gasteiger partial charge in [0.2, 0.25) is 0 Å². The van der Waals surface area contributed by atoms with Crippen LogP contribution in [0, 0.1) is 5.82 Å². The minimum Gasteiger partial charge on any atom is -0.379 e. The van der Waals surface area contributed by atoms with E-state index in [0.717, 1.165) is 60.8 Å². The second-order valence-corrected chi connectivity index (χ2v) is 6.36. The van der Waals surface area contributed by atoms with Crippen LogP contribution in [0.3, 0.4) is 0 Å². The van der Waals surface area contributed by atoms with E-state index < -0.39 is 0 Å². The summed E-state index contributed by atoms with van der Waals surface area (Å²) in [5.74, 6) is -0.233. The van der Waals surface area contributed by atoms with Gasteiger partial charge in [0.25, 0.3) is 0 Å². The van der Waals surface area contributed by atoms with Crippen LogP contribution in [0.5, 0.6) is 0 Å². The molecule has 0 N–H and O–H groups in total. The van der Waals surface area contributed by atoms with Crippen molar-refractivity contribution in [1.29, 1.82) is 0 Å². The van der Waals surface area contributed by atoms with Crippen LogP contribution in [0.4, 0.5) is 4.39 Å². The van der Waals surface area contributed by atoms with Gasteiger partial charge in [-0.25, -0.2) is 4.39 Å². The van der Waals surface area contributed by atoms with Gasteiger partial charge in [-0.15, -0.1) is 24.8 Å². The van der Waals surface area contributed by atoms with Gasteiger partial charge in [-0.05, 0) is 41.5 Å². The molecule has 1 aromatic carbocycles. The summed E-state index contributed by atoms with van der Waals surface area (Å²) in [6.07, 6.45) is 5.42. The maximum absolute atomic E-state index is 13.2. The van der Waals surface area contributed by atoms with Crippen molar-refractivity contribution < 1.29 is 9.13 Å². The number of hydrogen-bond donors (Lipinski definition) is 0. The first kappa shape index (κ1) is 22.2. The SMILES string of the molecule is Cl.Cl.Fc1ccc(-c2cnc(-c3ccncc3)c(CN3CCOCC3)c2)cc1. The molecule has 0 atom stereocenters. The number of aromatic nitrogens is 2. The molecule has 4 rings (SSSR count). The highest BCUT2D eigenvalue weighted by Crippen LogP contribution is 2.28. The number of benzene rings is 1. The minimum atomic E-state index is -0.233. The molecule has 1 saturated heterocycles. The third-order valence-electron chi connectivity index (χ3n) is 4.60. The minimum absolute atomic E-state index is 0. The highest BCUT2D eigenvalue weighted by atomic mass is 35.5. The zero-order chi connectivity index (χ0) is 17.8. The first-order valence-electron chi connectivity index (χ1n) is 8.75. The van der Waals surface area contributed by atoms with Crippen molar-refractivity contribution in [3.05, 3.63) is 72.4 Å². The molecule has 0 amide bonds. The van der Waals surface area contributed by atoms with Crippen LogP contribution in [0.25, 0.3) is 22.4 Å². The molecule has 2 aromatic heterocycles. The standard InChI is InChI=1S/C21H20FN3O.2ClH/c22-20-3-1-16(2-4-20)18-13-19(15-25-9-11-26-12-10-25)21(24-14-18)17-5-7-23-8-6-17;;/h1-8,13-14H,9-12,15H2;2*1H. The maximum Gasteiger partial charge on any atom is 0.123 e. The van der Waals surface area contributed by atoms with Gasteiger partial charge in [0.15, 0.2) is 0 Å². The molecule has 3 heterocycles. The normalized spacial score (nSPS) is 14.0. The van der Waals surface area contributed by atoms with Crippen LogP contribution >= 0.6 is 24.8 Å². The first-order chi connectivity index (χ1) is 12.8. The lowest BCUT2D eigenvalue weighted by Crippen LogP contribution is -2.35. The fourth-order valence-electron chi connectivity index (χ4n) is 3.20. The molecule has 0 bridgehead atoms. The highest BCUT2D eigenvalue weighted by Gasteiger charge is 2.15. The lowest BCUT2D eigenvalue weighted by Gasteiger charge is -2.27. The van der Waals surface area contributed by atoms with Gasteiger partial charge in [0, 0.05) is 49.4 Å². The van der Waals surface area contributed by atoms with E-state index in [-0.39, 0.29) is 30.6 Å². The summed E-state index contributed by atoms with van der Waals surface area (Å²) >= 11 is 0. The second-order valence-electron chi connectivity index (χ2n) is 6.36. The Morgan fingerprint density at radius 1 is 0.893 bits per heavy atom. The summed E-state index contributed by atoms with van der Waals surface area (Å²) in [6, 6.07) is 12.6. The largest absolute Gasteiger partial charge is 0.379 e. The molecule has 1 aliphatic heterocycles. The summed E-state index contributed by atoms with van der Waals surface area (Å²) in [6.45, 7) is 4.15. The molecule has 7 heteroatoms. The van der Waals surface area contributed by atoms with Crippen LogP contribution in [0.15, 0.2) is 61.1 Å². The van der Waals surface area contributed by atoms with E-state index in [1.807, 2.05) is 18.3 Å². The zero-order valence-corrected chi connectivity index (χ0v) is 16.9. The molecule has 0 radical (unpaired) electrons. The van der Waals surface area contributed by atoms with Gasteiger partial charge in [0.05, 0.1) is 18.9 Å². The van der Waals surface area contributed by atoms with Gasteiger partial charge < -0.3 is 4.74 Å². The molecule has 3 aromatic rings. The molecular weight excluding hydrogens is 400 g/mol. The second kappa shape index (κ2) is 10.5. The lowest BCUT2D eigenvalue weighted by molar-refractivity contribution is 0.0342. The summed E-state index contributed by atoms with van der Waals surface area (Å²) in [7, 11) is 0. The number of nitrogens with zero attached hydrogens (tertiary/aromatic N) is 3. The van der Waals surface area contributed by atoms with Crippen molar-refractivity contribution in [1.82, 2.24) is 14.9 Å². The van der Waals surface area contributed by atoms with Crippen LogP contribution in [0.1, 0.15) is 5.56 Å². The Bertz CT molecular complexity index is 873. The van der Waals surface area contributed by atoms with Crippen molar-refractivity contribution in [3.8, 4) is 22.4 Å². The van der Waals surface area contributed by atoms with Crippen molar-refractivity contribution in [2.75, 3.05) is 26.3 Å². The van der Waals surface area contributed by atoms with Gasteiger partial charge in [-0.1, -0.05) is 12.1 Å². The third-order valence-corrected chi connectivity index (χ3v) is 4.60. The molecule has 148 valence electrons. The Labute approximate surface area is 176 Å². The Hall–Kier alpha value is -2.05. The predicted octanol–water partition coefficient (Wildman–Crippen LogP) is 4.63. The quantitative estimate of drug-likeness (QED) is 0.615. The molecule has 0 saturated carbocycles. The van der Waals surface area contributed by atoms with E-state index in [4.69, 9.17) is 9.72 Å². The molecule has 1 aliphatic rings. The van der Waals surface area contributed by atoms with E-state index in [0.29, 0.717) is 0 Å². The summed E-state index contributed by atoms with van der Waals surface area (Å²) in [5, 5.41) is 0. The first-order valence-corrected chi connectivity index (χ1v) is 8.75. The molecule has 28 heavy (non-hydrogen) atoms. The van der Waals surface area contributed by atoms with Crippen molar-refractivity contribution in [2.45, 2.75) is 6.54 Å². The number of ether oxygens (including phenoxy) is 1. The van der Waals surface area contributed by atoms with Crippen LogP contribution in [-0.4, -0.2) is 41.2 Å². The zero-order valence-electron chi connectivity index (χ0n) is 15.3. The van der Waals surface area contributed by atoms with Crippen molar-refractivity contribution >= 4 is 24.8 Å². The van der Waals surface area contributed by atoms with Crippen molar-refractivity contribution in [2.24, 2.45) is 0 Å². The van der Waals surface area contributed by atoms with Gasteiger partial charge >= 0.3 is 0 Å². The van der Waals surface area contributed by atoms with E-state index >= 15 is 0 Å². The number of pyridine rings is 2. The van der Waals surface area contributed by atoms with Crippen LogP contribution < -0.4 is 0 Å². The summed E-state index contributed by atoms with van der Waals surface area (Å²) < 4.78 is 18.7. The van der Waals surface area contributed by atoms with Crippen molar-refractivity contribution in [3.63, 3.8) is 0 Å². The Balaban J connectivity index is 0.00000140. The lowest BCUT2D eigenvalue weighted by atomic mass is 10.0. The Morgan fingerprint density at radius 3 is 2.25 bits per heavy atom. The highest BCUT2D eigenvalue weighted by molar-refractivity contribution is 5.85. The van der Waals surface area contributed by atoms with Crippen LogP contribution in [-0.2, 0) is 11.3 Å². The summed E-state index contributed by atoms with van der Waals surface area (Å²) in [5.41, 5.74) is 5.12. The molecule has 4 nitrogen and oxygen atoms in total. The fraction of sp³-hybridized carbons (Fsp3) is 0.238. The number of halogens is 3. The average Bonchev–Trinajstić information content (AvgIpc) is 2.70. The topological polar surface area (TPSA) is 38.2 Å². The molecule has 1 fully saturated rings. The number of morpholine rings is 1. The fourth-order valence-corrected chi connectivity index (χ4v) is 3.20. The van der Waals surface area contributed by atoms with E-state index in [1.165, 1.54) is 12.1 Å². The van der Waals surface area contributed by atoms with Gasteiger partial charge in [0.1, 0.15) is 5.82 Å². The molecule has 0 unspecified atom stereocenters. The Morgan fingerprint density at radius 2 is 1.57 bits per heavy atom. The average molecular weight is 422 g/mol. The third kappa shape index (κ3) is 5.26. The molecule has 0 aliphatic carbocycles. The maximum atomic E-state index is 13.2. The molecular formula is C21H22Cl2FN3O. The number of hydrogen-bond acceptors (Lipinski definition) is 4. The smallest absolute Gasteiger partial charge is 0.123 e. The van der Waals surface area contributed by atoms with Gasteiger partial charge in [-0.2, -0.15) is 0 Å². The van der Waals surface area contributed by atoms with E-state index in [1.54, 1.807) is 24.5 Å². The summed E-state index contributed by atoms with van der Waals surface area (Å²) in [4.78, 5) is 11.2. The monoisotopic (exact) mass is 421 g/mol. The molecule has 0 spiro atoms.